The molecule has 2 nitrogen and oxygen atoms in total. The van der Waals surface area contributed by atoms with E-state index < -0.39 is 11.6 Å². The Hall–Kier alpha value is -1.00. The van der Waals surface area contributed by atoms with Gasteiger partial charge in [0.2, 0.25) is 0 Å². The van der Waals surface area contributed by atoms with Gasteiger partial charge in [0, 0.05) is 13.1 Å². The number of hydrogen-bond acceptors (Lipinski definition) is 2. The summed E-state index contributed by atoms with van der Waals surface area (Å²) in [5.74, 6) is -0.950. The second-order valence-corrected chi connectivity index (χ2v) is 5.15. The maximum absolute atomic E-state index is 13.2. The van der Waals surface area contributed by atoms with Crippen molar-refractivity contribution in [3.8, 4) is 0 Å². The van der Waals surface area contributed by atoms with Gasteiger partial charge in [-0.3, -0.25) is 4.90 Å². The monoisotopic (exact) mass is 254 g/mol. The Morgan fingerprint density at radius 3 is 2.94 bits per heavy atom. The van der Waals surface area contributed by atoms with Crippen molar-refractivity contribution in [3.05, 3.63) is 35.4 Å². The van der Waals surface area contributed by atoms with Gasteiger partial charge in [-0.05, 0) is 49.7 Å². The Morgan fingerprint density at radius 1 is 1.33 bits per heavy atom. The third kappa shape index (κ3) is 3.75. The first-order valence-electron chi connectivity index (χ1n) is 6.52. The molecule has 0 aromatic heterocycles. The molecule has 1 aromatic carbocycles. The smallest absolute Gasteiger partial charge is 0.159 e. The first-order valence-corrected chi connectivity index (χ1v) is 6.52. The zero-order chi connectivity index (χ0) is 13.0. The molecule has 1 atom stereocenters. The molecule has 1 aliphatic rings. The molecule has 0 saturated carbocycles. The Labute approximate surface area is 107 Å². The van der Waals surface area contributed by atoms with Crippen LogP contribution in [-0.4, -0.2) is 31.1 Å². The molecule has 2 rings (SSSR count). The lowest BCUT2D eigenvalue weighted by molar-refractivity contribution is 0.208. The summed E-state index contributed by atoms with van der Waals surface area (Å²) in [5, 5.41) is 3.40. The fourth-order valence-electron chi connectivity index (χ4n) is 2.41. The molecule has 0 amide bonds. The Kier molecular flexibility index (Phi) is 4.66. The van der Waals surface area contributed by atoms with Gasteiger partial charge in [-0.15, -0.1) is 0 Å². The second kappa shape index (κ2) is 6.25. The van der Waals surface area contributed by atoms with Crippen LogP contribution in [0.15, 0.2) is 18.2 Å². The van der Waals surface area contributed by atoms with E-state index in [0.29, 0.717) is 12.5 Å². The lowest BCUT2D eigenvalue weighted by atomic mass is 10.1. The summed E-state index contributed by atoms with van der Waals surface area (Å²) in [4.78, 5) is 2.32. The largest absolute Gasteiger partial charge is 0.316 e. The average molecular weight is 254 g/mol. The second-order valence-electron chi connectivity index (χ2n) is 5.15. The van der Waals surface area contributed by atoms with Gasteiger partial charge in [0.15, 0.2) is 11.6 Å². The molecule has 0 aliphatic carbocycles. The molecule has 18 heavy (non-hydrogen) atoms. The van der Waals surface area contributed by atoms with E-state index in [4.69, 9.17) is 0 Å². The topological polar surface area (TPSA) is 15.3 Å². The SMILES string of the molecule is CC1CNCCCN(Cc2ccc(F)c(F)c2)C1. The molecule has 0 radical (unpaired) electrons. The zero-order valence-corrected chi connectivity index (χ0v) is 10.8. The van der Waals surface area contributed by atoms with Crippen molar-refractivity contribution in [2.45, 2.75) is 19.9 Å². The molecule has 1 N–H and O–H groups in total. The van der Waals surface area contributed by atoms with Crippen LogP contribution >= 0.6 is 0 Å². The first-order chi connectivity index (χ1) is 8.65. The molecule has 1 saturated heterocycles. The van der Waals surface area contributed by atoms with E-state index in [9.17, 15) is 8.78 Å². The quantitative estimate of drug-likeness (QED) is 0.872. The Bertz CT molecular complexity index is 395. The molecule has 4 heteroatoms. The lowest BCUT2D eigenvalue weighted by Crippen LogP contribution is -2.38. The average Bonchev–Trinajstić information content (AvgIpc) is 2.30. The van der Waals surface area contributed by atoms with Crippen LogP contribution in [0.3, 0.4) is 0 Å². The summed E-state index contributed by atoms with van der Waals surface area (Å²) in [6.45, 7) is 6.94. The third-order valence-corrected chi connectivity index (χ3v) is 3.28. The van der Waals surface area contributed by atoms with Crippen LogP contribution in [0.2, 0.25) is 0 Å². The molecule has 0 spiro atoms. The standard InChI is InChI=1S/C14H20F2N2/c1-11-8-17-5-2-6-18(9-11)10-12-3-4-13(15)14(16)7-12/h3-4,7,11,17H,2,5-6,8-10H2,1H3. The van der Waals surface area contributed by atoms with Crippen molar-refractivity contribution in [1.82, 2.24) is 10.2 Å². The molecule has 0 bridgehead atoms. The highest BCUT2D eigenvalue weighted by molar-refractivity contribution is 5.17. The number of nitrogens with one attached hydrogen (secondary N) is 1. The van der Waals surface area contributed by atoms with E-state index in [1.165, 1.54) is 12.1 Å². The zero-order valence-electron chi connectivity index (χ0n) is 10.8. The van der Waals surface area contributed by atoms with Gasteiger partial charge in [-0.1, -0.05) is 13.0 Å². The lowest BCUT2D eigenvalue weighted by Gasteiger charge is -2.28. The van der Waals surface area contributed by atoms with Crippen LogP contribution in [0.1, 0.15) is 18.9 Å². The van der Waals surface area contributed by atoms with E-state index in [1.54, 1.807) is 6.07 Å². The van der Waals surface area contributed by atoms with Gasteiger partial charge in [0.1, 0.15) is 0 Å². The molecule has 1 heterocycles. The van der Waals surface area contributed by atoms with Crippen molar-refractivity contribution >= 4 is 0 Å². The number of benzene rings is 1. The van der Waals surface area contributed by atoms with Gasteiger partial charge in [0.05, 0.1) is 0 Å². The summed E-state index contributed by atoms with van der Waals surface area (Å²) in [5.41, 5.74) is 0.842. The number of rotatable bonds is 2. The van der Waals surface area contributed by atoms with Crippen LogP contribution in [0, 0.1) is 17.6 Å². The van der Waals surface area contributed by atoms with E-state index in [0.717, 1.165) is 38.2 Å². The van der Waals surface area contributed by atoms with Crippen LogP contribution in [0.25, 0.3) is 0 Å². The van der Waals surface area contributed by atoms with Crippen LogP contribution in [0.5, 0.6) is 0 Å². The van der Waals surface area contributed by atoms with Crippen molar-refractivity contribution in [2.75, 3.05) is 26.2 Å². The molecular formula is C14H20F2N2. The van der Waals surface area contributed by atoms with E-state index in [2.05, 4.69) is 17.1 Å². The molecule has 1 aromatic rings. The highest BCUT2D eigenvalue weighted by atomic mass is 19.2. The van der Waals surface area contributed by atoms with Gasteiger partial charge < -0.3 is 5.32 Å². The predicted octanol–water partition coefficient (Wildman–Crippen LogP) is 2.40. The molecule has 1 aliphatic heterocycles. The maximum atomic E-state index is 13.2. The van der Waals surface area contributed by atoms with Gasteiger partial charge in [-0.25, -0.2) is 8.78 Å². The van der Waals surface area contributed by atoms with Crippen LogP contribution < -0.4 is 5.32 Å². The summed E-state index contributed by atoms with van der Waals surface area (Å²) in [6.07, 6.45) is 1.09. The first kappa shape index (κ1) is 13.4. The molecule has 1 fully saturated rings. The van der Waals surface area contributed by atoms with Gasteiger partial charge >= 0.3 is 0 Å². The summed E-state index contributed by atoms with van der Waals surface area (Å²) >= 11 is 0. The fraction of sp³-hybridized carbons (Fsp3) is 0.571. The normalized spacial score (nSPS) is 22.5. The van der Waals surface area contributed by atoms with Crippen molar-refractivity contribution in [2.24, 2.45) is 5.92 Å². The number of nitrogens with zero attached hydrogens (tertiary/aromatic N) is 1. The minimum Gasteiger partial charge on any atom is -0.316 e. The highest BCUT2D eigenvalue weighted by Crippen LogP contribution is 2.13. The van der Waals surface area contributed by atoms with E-state index in [1.807, 2.05) is 0 Å². The van der Waals surface area contributed by atoms with Crippen molar-refractivity contribution < 1.29 is 8.78 Å². The number of halogens is 2. The van der Waals surface area contributed by atoms with Crippen LogP contribution in [0.4, 0.5) is 8.78 Å². The molecule has 100 valence electrons. The van der Waals surface area contributed by atoms with E-state index in [-0.39, 0.29) is 0 Å². The minimum atomic E-state index is -0.774. The summed E-state index contributed by atoms with van der Waals surface area (Å²) < 4.78 is 26.0. The maximum Gasteiger partial charge on any atom is 0.159 e. The molecular weight excluding hydrogens is 234 g/mol. The Morgan fingerprint density at radius 2 is 2.17 bits per heavy atom. The van der Waals surface area contributed by atoms with Gasteiger partial charge in [0.25, 0.3) is 0 Å². The summed E-state index contributed by atoms with van der Waals surface area (Å²) in [6, 6.07) is 4.18. The van der Waals surface area contributed by atoms with Gasteiger partial charge in [-0.2, -0.15) is 0 Å². The third-order valence-electron chi connectivity index (χ3n) is 3.28. The molecule has 1 unspecified atom stereocenters. The summed E-state index contributed by atoms with van der Waals surface area (Å²) in [7, 11) is 0. The predicted molar refractivity (Wildman–Crippen MR) is 68.3 cm³/mol. The Balaban J connectivity index is 1.99. The fourth-order valence-corrected chi connectivity index (χ4v) is 2.41. The van der Waals surface area contributed by atoms with E-state index >= 15 is 0 Å². The van der Waals surface area contributed by atoms with Crippen LogP contribution in [-0.2, 0) is 6.54 Å². The van der Waals surface area contributed by atoms with Crippen molar-refractivity contribution in [1.29, 1.82) is 0 Å². The van der Waals surface area contributed by atoms with Crippen molar-refractivity contribution in [3.63, 3.8) is 0 Å². The minimum absolute atomic E-state index is 0.579. The highest BCUT2D eigenvalue weighted by Gasteiger charge is 2.14. The number of hydrogen-bond donors (Lipinski definition) is 1.